The maximum absolute atomic E-state index is 12.2. The van der Waals surface area contributed by atoms with E-state index in [1.54, 1.807) is 7.11 Å². The van der Waals surface area contributed by atoms with E-state index in [4.69, 9.17) is 9.47 Å². The Balaban J connectivity index is 2.01. The Morgan fingerprint density at radius 2 is 2.04 bits per heavy atom. The van der Waals surface area contributed by atoms with Gasteiger partial charge in [0.25, 0.3) is 0 Å². The molecule has 0 saturated heterocycles. The summed E-state index contributed by atoms with van der Waals surface area (Å²) in [6.45, 7) is 3.93. The van der Waals surface area contributed by atoms with Gasteiger partial charge in [-0.25, -0.2) is 9.78 Å². The molecule has 0 unspecified atom stereocenters. The lowest BCUT2D eigenvalue weighted by Crippen LogP contribution is -2.12. The van der Waals surface area contributed by atoms with Crippen LogP contribution in [0.25, 0.3) is 0 Å². The summed E-state index contributed by atoms with van der Waals surface area (Å²) in [7, 11) is 2.93. The minimum absolute atomic E-state index is 0.119. The van der Waals surface area contributed by atoms with Crippen molar-refractivity contribution in [2.75, 3.05) is 19.5 Å². The number of thiazole rings is 1. The number of rotatable bonds is 7. The number of esters is 1. The standard InChI is InChI=1S/C18H22N2O4S/c1-11(2)16-15(17(22)24-4)20-18(25-16)19-14(21)9-8-12-6-5-7-13(10-12)23-3/h5-7,10-11H,8-9H2,1-4H3,(H,19,20,21). The summed E-state index contributed by atoms with van der Waals surface area (Å²) < 4.78 is 9.93. The number of benzene rings is 1. The number of ether oxygens (including phenoxy) is 2. The first-order valence-corrected chi connectivity index (χ1v) is 8.78. The number of aryl methyl sites for hydroxylation is 1. The number of hydrogen-bond donors (Lipinski definition) is 1. The van der Waals surface area contributed by atoms with Gasteiger partial charge < -0.3 is 14.8 Å². The topological polar surface area (TPSA) is 77.5 Å². The lowest BCUT2D eigenvalue weighted by molar-refractivity contribution is -0.116. The molecule has 1 aromatic heterocycles. The number of hydrogen-bond acceptors (Lipinski definition) is 6. The highest BCUT2D eigenvalue weighted by Gasteiger charge is 2.21. The molecule has 1 aromatic carbocycles. The fourth-order valence-corrected chi connectivity index (χ4v) is 3.26. The van der Waals surface area contributed by atoms with Crippen molar-refractivity contribution >= 4 is 28.3 Å². The van der Waals surface area contributed by atoms with Crippen LogP contribution >= 0.6 is 11.3 Å². The van der Waals surface area contributed by atoms with Gasteiger partial charge in [0.05, 0.1) is 14.2 Å². The van der Waals surface area contributed by atoms with Crippen LogP contribution in [-0.4, -0.2) is 31.1 Å². The van der Waals surface area contributed by atoms with Gasteiger partial charge in [0.15, 0.2) is 10.8 Å². The second-order valence-corrected chi connectivity index (χ2v) is 6.81. The summed E-state index contributed by atoms with van der Waals surface area (Å²) >= 11 is 1.30. The number of amides is 1. The van der Waals surface area contributed by atoms with Gasteiger partial charge in [0.2, 0.25) is 5.91 Å². The van der Waals surface area contributed by atoms with Crippen LogP contribution in [-0.2, 0) is 16.0 Å². The third-order valence-corrected chi connectivity index (χ3v) is 4.85. The Labute approximate surface area is 151 Å². The molecule has 0 bridgehead atoms. The molecule has 7 heteroatoms. The smallest absolute Gasteiger partial charge is 0.357 e. The van der Waals surface area contributed by atoms with Crippen molar-refractivity contribution < 1.29 is 19.1 Å². The second kappa shape index (κ2) is 8.62. The molecule has 0 fully saturated rings. The van der Waals surface area contributed by atoms with Gasteiger partial charge in [-0.05, 0) is 30.0 Å². The van der Waals surface area contributed by atoms with Crippen molar-refractivity contribution in [2.45, 2.75) is 32.6 Å². The molecular weight excluding hydrogens is 340 g/mol. The number of methoxy groups -OCH3 is 2. The summed E-state index contributed by atoms with van der Waals surface area (Å²) in [5.74, 6) is 0.247. The fourth-order valence-electron chi connectivity index (χ4n) is 2.29. The van der Waals surface area contributed by atoms with E-state index in [1.165, 1.54) is 18.4 Å². The van der Waals surface area contributed by atoms with Crippen molar-refractivity contribution in [2.24, 2.45) is 0 Å². The van der Waals surface area contributed by atoms with E-state index in [0.29, 0.717) is 18.0 Å². The van der Waals surface area contributed by atoms with Gasteiger partial charge in [-0.3, -0.25) is 4.79 Å². The van der Waals surface area contributed by atoms with Crippen LogP contribution < -0.4 is 10.1 Å². The molecular formula is C18H22N2O4S. The molecule has 0 radical (unpaired) electrons. The number of nitrogens with zero attached hydrogens (tertiary/aromatic N) is 1. The van der Waals surface area contributed by atoms with Crippen LogP contribution in [0.3, 0.4) is 0 Å². The van der Waals surface area contributed by atoms with Crippen LogP contribution in [0, 0.1) is 0 Å². The van der Waals surface area contributed by atoms with Gasteiger partial charge in [0.1, 0.15) is 5.75 Å². The molecule has 1 heterocycles. The van der Waals surface area contributed by atoms with Crippen LogP contribution in [0.2, 0.25) is 0 Å². The van der Waals surface area contributed by atoms with E-state index in [1.807, 2.05) is 38.1 Å². The van der Waals surface area contributed by atoms with Gasteiger partial charge >= 0.3 is 5.97 Å². The summed E-state index contributed by atoms with van der Waals surface area (Å²) in [5.41, 5.74) is 1.29. The fraction of sp³-hybridized carbons (Fsp3) is 0.389. The minimum atomic E-state index is -0.489. The summed E-state index contributed by atoms with van der Waals surface area (Å²) in [6.07, 6.45) is 0.909. The zero-order valence-corrected chi connectivity index (χ0v) is 15.6. The third kappa shape index (κ3) is 5.03. The van der Waals surface area contributed by atoms with E-state index in [2.05, 4.69) is 10.3 Å². The van der Waals surface area contributed by atoms with E-state index in [9.17, 15) is 9.59 Å². The Kier molecular flexibility index (Phi) is 6.52. The Morgan fingerprint density at radius 1 is 1.28 bits per heavy atom. The van der Waals surface area contributed by atoms with Crippen molar-refractivity contribution in [3.8, 4) is 5.75 Å². The second-order valence-electron chi connectivity index (χ2n) is 5.78. The van der Waals surface area contributed by atoms with Gasteiger partial charge in [-0.15, -0.1) is 11.3 Å². The quantitative estimate of drug-likeness (QED) is 0.761. The van der Waals surface area contributed by atoms with Crippen molar-refractivity contribution in [3.05, 3.63) is 40.4 Å². The zero-order valence-electron chi connectivity index (χ0n) is 14.8. The van der Waals surface area contributed by atoms with E-state index in [-0.39, 0.29) is 17.5 Å². The Bertz CT molecular complexity index is 755. The van der Waals surface area contributed by atoms with Crippen LogP contribution in [0.1, 0.15) is 47.1 Å². The molecule has 6 nitrogen and oxygen atoms in total. The molecule has 0 atom stereocenters. The van der Waals surface area contributed by atoms with Gasteiger partial charge in [-0.2, -0.15) is 0 Å². The normalized spacial score (nSPS) is 10.6. The van der Waals surface area contributed by atoms with Crippen LogP contribution in [0.4, 0.5) is 5.13 Å². The van der Waals surface area contributed by atoms with Crippen molar-refractivity contribution in [3.63, 3.8) is 0 Å². The maximum atomic E-state index is 12.2. The van der Waals surface area contributed by atoms with E-state index in [0.717, 1.165) is 16.2 Å². The first kappa shape index (κ1) is 18.9. The van der Waals surface area contributed by atoms with Crippen LogP contribution in [0.5, 0.6) is 5.75 Å². The number of carbonyl (C=O) groups excluding carboxylic acids is 2. The average Bonchev–Trinajstić information content (AvgIpc) is 3.03. The average molecular weight is 362 g/mol. The lowest BCUT2D eigenvalue weighted by Gasteiger charge is -2.04. The maximum Gasteiger partial charge on any atom is 0.357 e. The van der Waals surface area contributed by atoms with Crippen LogP contribution in [0.15, 0.2) is 24.3 Å². The molecule has 1 amide bonds. The van der Waals surface area contributed by atoms with Crippen molar-refractivity contribution in [1.29, 1.82) is 0 Å². The molecule has 0 spiro atoms. The summed E-state index contributed by atoms with van der Waals surface area (Å²) in [4.78, 5) is 29.0. The molecule has 2 rings (SSSR count). The highest BCUT2D eigenvalue weighted by atomic mass is 32.1. The molecule has 0 aliphatic heterocycles. The zero-order chi connectivity index (χ0) is 18.4. The predicted octanol–water partition coefficient (Wildman–Crippen LogP) is 3.63. The molecule has 0 aliphatic rings. The molecule has 25 heavy (non-hydrogen) atoms. The number of aromatic nitrogens is 1. The summed E-state index contributed by atoms with van der Waals surface area (Å²) in [6, 6.07) is 7.61. The van der Waals surface area contributed by atoms with Gasteiger partial charge in [0, 0.05) is 11.3 Å². The number of nitrogens with one attached hydrogen (secondary N) is 1. The monoisotopic (exact) mass is 362 g/mol. The minimum Gasteiger partial charge on any atom is -0.497 e. The predicted molar refractivity (Wildman–Crippen MR) is 97.5 cm³/mol. The van der Waals surface area contributed by atoms with E-state index >= 15 is 0 Å². The lowest BCUT2D eigenvalue weighted by atomic mass is 10.1. The largest absolute Gasteiger partial charge is 0.497 e. The number of carbonyl (C=O) groups is 2. The highest BCUT2D eigenvalue weighted by molar-refractivity contribution is 7.16. The van der Waals surface area contributed by atoms with Gasteiger partial charge in [-0.1, -0.05) is 26.0 Å². The van der Waals surface area contributed by atoms with Crippen molar-refractivity contribution in [1.82, 2.24) is 4.98 Å². The molecule has 0 saturated carbocycles. The number of anilines is 1. The SMILES string of the molecule is COC(=O)c1nc(NC(=O)CCc2cccc(OC)c2)sc1C(C)C. The first-order valence-electron chi connectivity index (χ1n) is 7.96. The molecule has 1 N–H and O–H groups in total. The molecule has 2 aromatic rings. The van der Waals surface area contributed by atoms with E-state index < -0.39 is 5.97 Å². The molecule has 0 aliphatic carbocycles. The Hall–Kier alpha value is -2.41. The summed E-state index contributed by atoms with van der Waals surface area (Å²) in [5, 5.41) is 3.18. The highest BCUT2D eigenvalue weighted by Crippen LogP contribution is 2.30. The third-order valence-electron chi connectivity index (χ3n) is 3.58. The Morgan fingerprint density at radius 3 is 2.68 bits per heavy atom. The first-order chi connectivity index (χ1) is 11.9. The molecule has 134 valence electrons.